The number of rotatable bonds is 6. The van der Waals surface area contributed by atoms with Crippen molar-refractivity contribution in [1.82, 2.24) is 4.90 Å². The highest BCUT2D eigenvalue weighted by Crippen LogP contribution is 2.26. The minimum atomic E-state index is -0.918. The number of carboxylic acids is 1. The third kappa shape index (κ3) is 4.02. The molecular formula is C20H23NO3. The van der Waals surface area contributed by atoms with Crippen LogP contribution < -0.4 is 0 Å². The van der Waals surface area contributed by atoms with Crippen molar-refractivity contribution in [2.24, 2.45) is 0 Å². The Labute approximate surface area is 142 Å². The first kappa shape index (κ1) is 17.7. The van der Waals surface area contributed by atoms with Gasteiger partial charge in [-0.3, -0.25) is 4.79 Å². The van der Waals surface area contributed by atoms with E-state index < -0.39 is 5.97 Å². The van der Waals surface area contributed by atoms with Crippen LogP contribution in [-0.4, -0.2) is 35.0 Å². The maximum Gasteiger partial charge on any atom is 0.335 e. The molecule has 0 radical (unpaired) electrons. The molecule has 2 unspecified atom stereocenters. The van der Waals surface area contributed by atoms with Gasteiger partial charge in [0.1, 0.15) is 0 Å². The summed E-state index contributed by atoms with van der Waals surface area (Å²) in [7, 11) is 1.79. The minimum absolute atomic E-state index is 0.00504. The zero-order valence-electron chi connectivity index (χ0n) is 14.3. The van der Waals surface area contributed by atoms with Crippen LogP contribution in [0.2, 0.25) is 0 Å². The summed E-state index contributed by atoms with van der Waals surface area (Å²) in [5, 5.41) is 9.33. The fourth-order valence-electron chi connectivity index (χ4n) is 2.90. The molecule has 0 fully saturated rings. The lowest BCUT2D eigenvalue weighted by Crippen LogP contribution is -2.36. The maximum atomic E-state index is 12.5. The molecule has 1 amide bonds. The Bertz CT molecular complexity index is 712. The van der Waals surface area contributed by atoms with Gasteiger partial charge in [0, 0.05) is 18.7 Å². The predicted octanol–water partition coefficient (Wildman–Crippen LogP) is 4.04. The quantitative estimate of drug-likeness (QED) is 0.872. The van der Waals surface area contributed by atoms with Gasteiger partial charge in [-0.25, -0.2) is 4.79 Å². The third-order valence-corrected chi connectivity index (χ3v) is 4.42. The molecule has 1 N–H and O–H groups in total. The Kier molecular flexibility index (Phi) is 5.74. The molecule has 2 rings (SSSR count). The number of nitrogens with zero attached hydrogens (tertiary/aromatic N) is 1. The monoisotopic (exact) mass is 325 g/mol. The SMILES string of the molecule is CC(CC(C)N(C)C(=O)c1ccccc1)c1ccccc1C(=O)O. The lowest BCUT2D eigenvalue weighted by atomic mass is 9.90. The number of carbonyl (C=O) groups excluding carboxylic acids is 1. The molecule has 0 saturated heterocycles. The van der Waals surface area contributed by atoms with Gasteiger partial charge in [0.2, 0.25) is 0 Å². The van der Waals surface area contributed by atoms with Crippen LogP contribution in [0.4, 0.5) is 0 Å². The predicted molar refractivity (Wildman–Crippen MR) is 94.4 cm³/mol. The second-order valence-corrected chi connectivity index (χ2v) is 6.16. The highest BCUT2D eigenvalue weighted by Gasteiger charge is 2.22. The van der Waals surface area contributed by atoms with Gasteiger partial charge < -0.3 is 10.0 Å². The zero-order valence-corrected chi connectivity index (χ0v) is 14.3. The van der Waals surface area contributed by atoms with Crippen LogP contribution in [0, 0.1) is 0 Å². The van der Waals surface area contributed by atoms with Crippen LogP contribution in [-0.2, 0) is 0 Å². The van der Waals surface area contributed by atoms with E-state index in [0.29, 0.717) is 17.5 Å². The van der Waals surface area contributed by atoms with Crippen molar-refractivity contribution in [3.8, 4) is 0 Å². The van der Waals surface area contributed by atoms with E-state index in [1.165, 1.54) is 0 Å². The van der Waals surface area contributed by atoms with Gasteiger partial charge in [0.25, 0.3) is 5.91 Å². The first-order chi connectivity index (χ1) is 11.4. The Morgan fingerprint density at radius 3 is 2.21 bits per heavy atom. The number of carboxylic acid groups (broad SMARTS) is 1. The van der Waals surface area contributed by atoms with E-state index in [1.807, 2.05) is 44.2 Å². The Morgan fingerprint density at radius 1 is 1.00 bits per heavy atom. The van der Waals surface area contributed by atoms with Crippen LogP contribution >= 0.6 is 0 Å². The fraction of sp³-hybridized carbons (Fsp3) is 0.300. The van der Waals surface area contributed by atoms with Crippen LogP contribution in [0.1, 0.15) is 52.5 Å². The average Bonchev–Trinajstić information content (AvgIpc) is 2.61. The van der Waals surface area contributed by atoms with Crippen molar-refractivity contribution in [1.29, 1.82) is 0 Å². The molecule has 0 bridgehead atoms. The topological polar surface area (TPSA) is 57.6 Å². The summed E-state index contributed by atoms with van der Waals surface area (Å²) in [5.74, 6) is -0.904. The second-order valence-electron chi connectivity index (χ2n) is 6.16. The van der Waals surface area contributed by atoms with Crippen molar-refractivity contribution in [2.75, 3.05) is 7.05 Å². The van der Waals surface area contributed by atoms with Crippen molar-refractivity contribution in [3.05, 3.63) is 71.3 Å². The molecule has 126 valence electrons. The molecule has 4 heteroatoms. The molecular weight excluding hydrogens is 302 g/mol. The van der Waals surface area contributed by atoms with Gasteiger partial charge in [-0.05, 0) is 43.0 Å². The first-order valence-electron chi connectivity index (χ1n) is 8.06. The zero-order chi connectivity index (χ0) is 17.7. The van der Waals surface area contributed by atoms with Crippen LogP contribution in [0.5, 0.6) is 0 Å². The maximum absolute atomic E-state index is 12.5. The first-order valence-corrected chi connectivity index (χ1v) is 8.06. The molecule has 0 heterocycles. The van der Waals surface area contributed by atoms with Gasteiger partial charge in [-0.15, -0.1) is 0 Å². The van der Waals surface area contributed by atoms with E-state index in [1.54, 1.807) is 36.2 Å². The lowest BCUT2D eigenvalue weighted by molar-refractivity contribution is 0.0689. The summed E-state index contributed by atoms with van der Waals surface area (Å²) in [6.45, 7) is 3.99. The molecule has 0 aliphatic carbocycles. The van der Waals surface area contributed by atoms with Gasteiger partial charge >= 0.3 is 5.97 Å². The van der Waals surface area contributed by atoms with E-state index in [-0.39, 0.29) is 17.9 Å². The summed E-state index contributed by atoms with van der Waals surface area (Å²) >= 11 is 0. The number of aromatic carboxylic acids is 1. The van der Waals surface area contributed by atoms with Crippen LogP contribution in [0.25, 0.3) is 0 Å². The number of carbonyl (C=O) groups is 2. The summed E-state index contributed by atoms with van der Waals surface area (Å²) in [6, 6.07) is 16.2. The van der Waals surface area contributed by atoms with E-state index in [4.69, 9.17) is 0 Å². The number of benzene rings is 2. The molecule has 2 atom stereocenters. The molecule has 2 aromatic rings. The largest absolute Gasteiger partial charge is 0.478 e. The molecule has 0 aliphatic rings. The summed E-state index contributed by atoms with van der Waals surface area (Å²) in [4.78, 5) is 25.6. The summed E-state index contributed by atoms with van der Waals surface area (Å²) in [6.07, 6.45) is 0.694. The summed E-state index contributed by atoms with van der Waals surface area (Å²) < 4.78 is 0. The van der Waals surface area contributed by atoms with Crippen molar-refractivity contribution in [2.45, 2.75) is 32.2 Å². The van der Waals surface area contributed by atoms with E-state index in [9.17, 15) is 14.7 Å². The average molecular weight is 325 g/mol. The Morgan fingerprint density at radius 2 is 1.58 bits per heavy atom. The van der Waals surface area contributed by atoms with E-state index in [2.05, 4.69) is 0 Å². The Balaban J connectivity index is 2.10. The van der Waals surface area contributed by atoms with Gasteiger partial charge in [-0.2, -0.15) is 0 Å². The smallest absolute Gasteiger partial charge is 0.335 e. The normalized spacial score (nSPS) is 13.1. The van der Waals surface area contributed by atoms with E-state index in [0.717, 1.165) is 5.56 Å². The van der Waals surface area contributed by atoms with Gasteiger partial charge in [0.05, 0.1) is 5.56 Å². The third-order valence-electron chi connectivity index (χ3n) is 4.42. The number of hydrogen-bond acceptors (Lipinski definition) is 2. The van der Waals surface area contributed by atoms with Crippen molar-refractivity contribution >= 4 is 11.9 Å². The second kappa shape index (κ2) is 7.77. The van der Waals surface area contributed by atoms with Crippen molar-refractivity contribution in [3.63, 3.8) is 0 Å². The lowest BCUT2D eigenvalue weighted by Gasteiger charge is -2.28. The highest BCUT2D eigenvalue weighted by molar-refractivity contribution is 5.94. The minimum Gasteiger partial charge on any atom is -0.478 e. The van der Waals surface area contributed by atoms with Crippen LogP contribution in [0.15, 0.2) is 54.6 Å². The van der Waals surface area contributed by atoms with Crippen molar-refractivity contribution < 1.29 is 14.7 Å². The highest BCUT2D eigenvalue weighted by atomic mass is 16.4. The molecule has 0 spiro atoms. The standard InChI is InChI=1S/C20H23NO3/c1-14(17-11-7-8-12-18(17)20(23)24)13-15(2)21(3)19(22)16-9-5-4-6-10-16/h4-12,14-15H,13H2,1-3H3,(H,23,24). The fourth-order valence-corrected chi connectivity index (χ4v) is 2.90. The Hall–Kier alpha value is -2.62. The molecule has 24 heavy (non-hydrogen) atoms. The van der Waals surface area contributed by atoms with Gasteiger partial charge in [0.15, 0.2) is 0 Å². The number of amides is 1. The number of hydrogen-bond donors (Lipinski definition) is 1. The summed E-state index contributed by atoms with van der Waals surface area (Å²) in [5.41, 5.74) is 1.79. The molecule has 2 aromatic carbocycles. The molecule has 0 aliphatic heterocycles. The van der Waals surface area contributed by atoms with Crippen LogP contribution in [0.3, 0.4) is 0 Å². The van der Waals surface area contributed by atoms with Gasteiger partial charge in [-0.1, -0.05) is 43.3 Å². The molecule has 0 saturated carbocycles. The molecule has 4 nitrogen and oxygen atoms in total. The molecule has 0 aromatic heterocycles. The van der Waals surface area contributed by atoms with E-state index >= 15 is 0 Å².